The largest absolute Gasteiger partial charge is 0.508 e. The van der Waals surface area contributed by atoms with Gasteiger partial charge >= 0.3 is 6.01 Å². The molecule has 3 aliphatic rings. The molecule has 248 valence electrons. The topological polar surface area (TPSA) is 109 Å². The van der Waals surface area contributed by atoms with E-state index in [4.69, 9.17) is 14.7 Å². The summed E-state index contributed by atoms with van der Waals surface area (Å²) in [6.07, 6.45) is 5.17. The van der Waals surface area contributed by atoms with Crippen LogP contribution in [-0.4, -0.2) is 80.2 Å². The molecule has 0 amide bonds. The average Bonchev–Trinajstić information content (AvgIpc) is 3.75. The van der Waals surface area contributed by atoms with Crippen molar-refractivity contribution in [2.24, 2.45) is 0 Å². The van der Waals surface area contributed by atoms with E-state index in [2.05, 4.69) is 20.2 Å². The van der Waals surface area contributed by atoms with Crippen molar-refractivity contribution in [1.29, 1.82) is 0 Å². The molecular formula is C35H41F2N7O3. The number of phenols is 1. The van der Waals surface area contributed by atoms with Gasteiger partial charge in [0.15, 0.2) is 0 Å². The zero-order valence-corrected chi connectivity index (χ0v) is 26.9. The number of hydrogen-bond acceptors (Lipinski definition) is 9. The maximum absolute atomic E-state index is 15.0. The Balaban J connectivity index is 1.16. The normalized spacial score (nSPS) is 20.9. The third-order valence-corrected chi connectivity index (χ3v) is 9.94. The number of aryl methyl sites for hydroxylation is 2. The lowest BCUT2D eigenvalue weighted by Crippen LogP contribution is -2.43. The van der Waals surface area contributed by atoms with E-state index in [0.717, 1.165) is 52.8 Å². The smallest absolute Gasteiger partial charge is 0.318 e. The molecule has 10 nitrogen and oxygen atoms in total. The highest BCUT2D eigenvalue weighted by atomic mass is 19.1. The van der Waals surface area contributed by atoms with Crippen LogP contribution in [0.4, 0.5) is 20.3 Å². The van der Waals surface area contributed by atoms with E-state index in [9.17, 15) is 18.7 Å². The lowest BCUT2D eigenvalue weighted by molar-refractivity contribution is 0.0885. The van der Waals surface area contributed by atoms with E-state index < -0.39 is 6.17 Å². The van der Waals surface area contributed by atoms with Crippen LogP contribution >= 0.6 is 0 Å². The predicted molar refractivity (Wildman–Crippen MR) is 176 cm³/mol. The van der Waals surface area contributed by atoms with Gasteiger partial charge in [0, 0.05) is 61.4 Å². The van der Waals surface area contributed by atoms with E-state index in [-0.39, 0.29) is 29.0 Å². The molecule has 2 N–H and O–H groups in total. The van der Waals surface area contributed by atoms with Gasteiger partial charge in [-0.25, -0.2) is 13.5 Å². The van der Waals surface area contributed by atoms with Crippen LogP contribution in [-0.2, 0) is 19.4 Å². The van der Waals surface area contributed by atoms with E-state index in [1.807, 2.05) is 13.8 Å². The number of alkyl halides is 1. The van der Waals surface area contributed by atoms with Gasteiger partial charge < -0.3 is 20.1 Å². The number of carbonyl (C=O) groups is 1. The number of carbonyl (C=O) groups excluding carboxylic acids is 1. The number of nitrogens with one attached hydrogen (secondary N) is 1. The Labute approximate surface area is 272 Å². The van der Waals surface area contributed by atoms with Crippen LogP contribution < -0.4 is 15.0 Å². The van der Waals surface area contributed by atoms with Crippen molar-refractivity contribution in [2.45, 2.75) is 77.0 Å². The van der Waals surface area contributed by atoms with Gasteiger partial charge in [-0.1, -0.05) is 13.0 Å². The van der Waals surface area contributed by atoms with Gasteiger partial charge in [-0.15, -0.1) is 0 Å². The molecule has 5 heterocycles. The maximum Gasteiger partial charge on any atom is 0.318 e. The Morgan fingerprint density at radius 2 is 2.09 bits per heavy atom. The molecule has 0 spiro atoms. The summed E-state index contributed by atoms with van der Waals surface area (Å²) >= 11 is 0. The van der Waals surface area contributed by atoms with Crippen molar-refractivity contribution in [3.05, 3.63) is 64.9 Å². The van der Waals surface area contributed by atoms with E-state index in [0.29, 0.717) is 76.3 Å². The molecule has 0 saturated carbocycles. The lowest BCUT2D eigenvalue weighted by Gasteiger charge is -2.33. The van der Waals surface area contributed by atoms with E-state index >= 15 is 0 Å². The maximum atomic E-state index is 15.0. The summed E-state index contributed by atoms with van der Waals surface area (Å²) in [4.78, 5) is 26.6. The highest BCUT2D eigenvalue weighted by Crippen LogP contribution is 2.41. The van der Waals surface area contributed by atoms with Gasteiger partial charge in [0.2, 0.25) is 5.91 Å². The fourth-order valence-electron chi connectivity index (χ4n) is 7.66. The molecule has 0 aliphatic carbocycles. The number of rotatable bonds is 10. The average molecular weight is 646 g/mol. The minimum Gasteiger partial charge on any atom is -0.508 e. The van der Waals surface area contributed by atoms with Crippen LogP contribution in [0.15, 0.2) is 36.5 Å². The summed E-state index contributed by atoms with van der Waals surface area (Å²) < 4.78 is 37.1. The summed E-state index contributed by atoms with van der Waals surface area (Å²) in [5.41, 5.74) is 3.55. The zero-order valence-electron chi connectivity index (χ0n) is 26.9. The first kappa shape index (κ1) is 31.3. The van der Waals surface area contributed by atoms with Crippen LogP contribution in [0.25, 0.3) is 10.8 Å². The van der Waals surface area contributed by atoms with Crippen molar-refractivity contribution in [2.75, 3.05) is 43.0 Å². The molecule has 2 saturated heterocycles. The van der Waals surface area contributed by atoms with Crippen LogP contribution in [0.1, 0.15) is 66.3 Å². The van der Waals surface area contributed by atoms with Crippen LogP contribution in [0, 0.1) is 12.7 Å². The number of fused-ring (bicyclic) bond motifs is 3. The van der Waals surface area contributed by atoms with Crippen LogP contribution in [0.3, 0.4) is 0 Å². The molecule has 4 aromatic rings. The second-order valence-electron chi connectivity index (χ2n) is 13.1. The Morgan fingerprint density at radius 3 is 2.89 bits per heavy atom. The summed E-state index contributed by atoms with van der Waals surface area (Å²) in [6, 6.07) is 8.55. The zero-order chi connectivity index (χ0) is 32.7. The number of ether oxygens (including phenoxy) is 1. The monoisotopic (exact) mass is 645 g/mol. The first-order chi connectivity index (χ1) is 22.7. The van der Waals surface area contributed by atoms with Gasteiger partial charge in [-0.3, -0.25) is 9.69 Å². The van der Waals surface area contributed by atoms with Crippen molar-refractivity contribution < 1.29 is 23.4 Å². The number of phenolic OH excluding ortho intramolecular Hbond substituents is 1. The molecule has 12 heteroatoms. The van der Waals surface area contributed by atoms with Gasteiger partial charge in [-0.2, -0.15) is 15.1 Å². The highest BCUT2D eigenvalue weighted by molar-refractivity contribution is 5.98. The Morgan fingerprint density at radius 1 is 1.21 bits per heavy atom. The van der Waals surface area contributed by atoms with Gasteiger partial charge in [-0.05, 0) is 74.7 Å². The Hall–Kier alpha value is -4.32. The summed E-state index contributed by atoms with van der Waals surface area (Å²) in [7, 11) is 0. The molecule has 2 aromatic heterocycles. The summed E-state index contributed by atoms with van der Waals surface area (Å²) in [5, 5.41) is 19.8. The number of aromatic hydroxyl groups is 1. The van der Waals surface area contributed by atoms with Gasteiger partial charge in [0.25, 0.3) is 0 Å². The molecule has 0 radical (unpaired) electrons. The van der Waals surface area contributed by atoms with E-state index in [1.54, 1.807) is 30.5 Å². The predicted octanol–water partition coefficient (Wildman–Crippen LogP) is 5.59. The first-order valence-electron chi connectivity index (χ1n) is 16.6. The third kappa shape index (κ3) is 6.10. The lowest BCUT2D eigenvalue weighted by atomic mass is 9.95. The van der Waals surface area contributed by atoms with Crippen LogP contribution in [0.2, 0.25) is 0 Å². The van der Waals surface area contributed by atoms with Crippen molar-refractivity contribution in [3.8, 4) is 11.8 Å². The fraction of sp³-hybridized carbons (Fsp3) is 0.486. The SMILES string of the molecule is CCc1c(F)ccc2cc(O)cc(N3CCc4c(nc(OC[C@@]56CCCN5C[C@H](F)C6)nc4NCCCC(=O)n4ccc(C)n4)C3)c12. The van der Waals surface area contributed by atoms with Crippen molar-refractivity contribution >= 4 is 28.2 Å². The fourth-order valence-corrected chi connectivity index (χ4v) is 7.66. The van der Waals surface area contributed by atoms with Crippen molar-refractivity contribution in [3.63, 3.8) is 0 Å². The first-order valence-corrected chi connectivity index (χ1v) is 16.6. The minimum absolute atomic E-state index is 0.0754. The number of aromatic nitrogens is 4. The molecule has 47 heavy (non-hydrogen) atoms. The second-order valence-corrected chi connectivity index (χ2v) is 13.1. The van der Waals surface area contributed by atoms with Gasteiger partial charge in [0.05, 0.1) is 23.5 Å². The number of halogens is 2. The molecule has 0 bridgehead atoms. The quantitative estimate of drug-likeness (QED) is 0.213. The molecular weight excluding hydrogens is 604 g/mol. The standard InChI is InChI=1S/C35H41F2N7O3/c1-3-26-28(37)8-7-23-16-25(45)17-30(32(23)26)42-14-10-27-29(20-42)39-34(47-21-35-11-5-13-43(35)19-24(36)18-35)40-33(27)38-12-4-6-31(46)44-15-9-22(2)41-44/h7-9,15-17,24,45H,3-6,10-14,18-21H2,1-2H3,(H,38,39,40)/t24-,35+/m1/s1. The minimum atomic E-state index is -0.863. The summed E-state index contributed by atoms with van der Waals surface area (Å²) in [6.45, 7) is 6.91. The number of anilines is 2. The number of benzene rings is 2. The summed E-state index contributed by atoms with van der Waals surface area (Å²) in [5.74, 6) is 0.430. The van der Waals surface area contributed by atoms with Crippen LogP contribution in [0.5, 0.6) is 11.8 Å². The van der Waals surface area contributed by atoms with E-state index in [1.165, 1.54) is 10.7 Å². The number of nitrogens with zero attached hydrogens (tertiary/aromatic N) is 6. The molecule has 2 fully saturated rings. The van der Waals surface area contributed by atoms with Gasteiger partial charge in [0.1, 0.15) is 30.2 Å². The second kappa shape index (κ2) is 12.7. The third-order valence-electron chi connectivity index (χ3n) is 9.94. The highest BCUT2D eigenvalue weighted by Gasteiger charge is 2.49. The van der Waals surface area contributed by atoms with Crippen molar-refractivity contribution in [1.82, 2.24) is 24.6 Å². The Kier molecular flexibility index (Phi) is 8.46. The molecule has 7 rings (SSSR count). The molecule has 0 unspecified atom stereocenters. The molecule has 2 aromatic carbocycles. The molecule has 3 aliphatic heterocycles. The Bertz CT molecular complexity index is 1810. The molecule has 2 atom stereocenters. The number of hydrogen-bond donors (Lipinski definition) is 2.